The van der Waals surface area contributed by atoms with E-state index in [1.807, 2.05) is 13.8 Å². The van der Waals surface area contributed by atoms with Gasteiger partial charge in [-0.1, -0.05) is 13.8 Å². The van der Waals surface area contributed by atoms with Crippen molar-refractivity contribution in [2.45, 2.75) is 51.4 Å². The first-order chi connectivity index (χ1) is 17.8. The number of thiazole rings is 1. The first-order valence-electron chi connectivity index (χ1n) is 11.6. The molecule has 14 heteroatoms. The molecule has 2 heterocycles. The summed E-state index contributed by atoms with van der Waals surface area (Å²) in [6.45, 7) is 3.70. The number of carboxylic acid groups (broad SMARTS) is 1. The number of hydrogen-bond acceptors (Lipinski definition) is 9. The molecule has 1 aromatic carbocycles. The Bertz CT molecular complexity index is 1400. The molecule has 1 fully saturated rings. The number of alkyl halides is 3. The van der Waals surface area contributed by atoms with Gasteiger partial charge in [0.25, 0.3) is 0 Å². The minimum Gasteiger partial charge on any atom is -0.481 e. The summed E-state index contributed by atoms with van der Waals surface area (Å²) in [5.41, 5.74) is 5.56. The highest BCUT2D eigenvalue weighted by atomic mass is 32.1. The Hall–Kier alpha value is -3.74. The molecule has 3 aromatic rings. The van der Waals surface area contributed by atoms with Gasteiger partial charge >= 0.3 is 12.1 Å². The van der Waals surface area contributed by atoms with Gasteiger partial charge in [0.05, 0.1) is 10.8 Å². The number of carbonyl (C=O) groups is 1. The Morgan fingerprint density at radius 2 is 2.08 bits per heavy atom. The molecular weight excluding hydrogens is 523 g/mol. The van der Waals surface area contributed by atoms with E-state index in [-0.39, 0.29) is 25.3 Å². The number of halogens is 3. The predicted octanol–water partition coefficient (Wildman–Crippen LogP) is 5.51. The van der Waals surface area contributed by atoms with Crippen LogP contribution in [-0.4, -0.2) is 31.1 Å². The van der Waals surface area contributed by atoms with Gasteiger partial charge in [0.2, 0.25) is 10.9 Å². The van der Waals surface area contributed by atoms with Crippen LogP contribution in [0.5, 0.6) is 0 Å². The van der Waals surface area contributed by atoms with Crippen LogP contribution in [0.3, 0.4) is 0 Å². The summed E-state index contributed by atoms with van der Waals surface area (Å²) in [5.74, 6) is -1.71. The van der Waals surface area contributed by atoms with Gasteiger partial charge in [0, 0.05) is 18.1 Å². The molecule has 0 bridgehead atoms. The molecule has 2 aromatic heterocycles. The van der Waals surface area contributed by atoms with Crippen LogP contribution in [0, 0.1) is 16.9 Å². The number of carboxylic acids is 1. The molecule has 0 saturated heterocycles. The van der Waals surface area contributed by atoms with Crippen molar-refractivity contribution in [3.05, 3.63) is 52.9 Å². The maximum absolute atomic E-state index is 13.1. The van der Waals surface area contributed by atoms with E-state index in [1.54, 1.807) is 24.4 Å². The topological polar surface area (TPSA) is 159 Å². The number of nitrogens with zero attached hydrogens (tertiary/aromatic N) is 5. The van der Waals surface area contributed by atoms with E-state index >= 15 is 0 Å². The van der Waals surface area contributed by atoms with Crippen LogP contribution < -0.4 is 10.2 Å². The van der Waals surface area contributed by atoms with E-state index in [1.165, 1.54) is 11.3 Å². The average Bonchev–Trinajstić information content (AvgIpc) is 3.33. The number of benzene rings is 1. The zero-order chi connectivity index (χ0) is 27.7. The summed E-state index contributed by atoms with van der Waals surface area (Å²) in [4.78, 5) is 27.2. The van der Waals surface area contributed by atoms with Gasteiger partial charge in [-0.3, -0.25) is 4.79 Å². The number of anilines is 2. The first-order valence-corrected chi connectivity index (χ1v) is 12.4. The van der Waals surface area contributed by atoms with E-state index in [0.717, 1.165) is 12.3 Å². The first kappa shape index (κ1) is 27.3. The van der Waals surface area contributed by atoms with Crippen LogP contribution in [0.2, 0.25) is 0 Å². The normalized spacial score (nSPS) is 20.9. The number of aromatic nitrogens is 3. The number of rotatable bonds is 7. The number of aliphatic hydroxyl groups is 1. The Labute approximate surface area is 219 Å². The lowest BCUT2D eigenvalue weighted by atomic mass is 9.63. The number of nitrogens with one attached hydrogen (secondary N) is 2. The monoisotopic (exact) mass is 548 g/mol. The standard InChI is InChI=1S/C24H24F3N7O3S/c1-22(2)12-23(37,5-3-16(22)19(35)36)20-30-11-17(38-20)14-7-13(10-31-34-28)8-15(9-14)32-21-29-6-4-18(33-21)24(25,26)27/h4,6-9,11,16,28,37H,3,5,10,12H2,1-2H3,(H-,29,32,33,35,36)/p+1/t16-,23-/m1/s1. The SMILES string of the molecule is CC1(C)C[C@@](O)(c2ncc(-c3cc(CN=[N+]=N)cc(Nc4nccc(C(F)(F)F)n4)c3)s2)CC[C@@H]1C(=O)O. The van der Waals surface area contributed by atoms with Gasteiger partial charge < -0.3 is 15.5 Å². The molecule has 1 saturated carbocycles. The third-order valence-electron chi connectivity index (χ3n) is 6.54. The predicted molar refractivity (Wildman–Crippen MR) is 132 cm³/mol. The molecule has 4 N–H and O–H groups in total. The molecule has 4 rings (SSSR count). The minimum atomic E-state index is -4.63. The molecule has 0 radical (unpaired) electrons. The van der Waals surface area contributed by atoms with Gasteiger partial charge in [-0.2, -0.15) is 13.2 Å². The van der Waals surface area contributed by atoms with E-state index < -0.39 is 34.8 Å². The van der Waals surface area contributed by atoms with E-state index in [4.69, 9.17) is 5.53 Å². The molecule has 0 unspecified atom stereocenters. The summed E-state index contributed by atoms with van der Waals surface area (Å²) in [6.07, 6.45) is -1.24. The fourth-order valence-corrected chi connectivity index (χ4v) is 5.84. The molecule has 0 aliphatic heterocycles. The van der Waals surface area contributed by atoms with Gasteiger partial charge in [-0.25, -0.2) is 15.0 Å². The molecule has 1 aliphatic carbocycles. The number of hydrogen-bond donors (Lipinski definition) is 4. The quantitative estimate of drug-likeness (QED) is 0.224. The summed E-state index contributed by atoms with van der Waals surface area (Å²) in [6, 6.07) is 5.86. The third-order valence-corrected chi connectivity index (χ3v) is 7.78. The lowest BCUT2D eigenvalue weighted by Crippen LogP contribution is -2.44. The summed E-state index contributed by atoms with van der Waals surface area (Å²) in [7, 11) is 0. The zero-order valence-corrected chi connectivity index (χ0v) is 21.3. The van der Waals surface area contributed by atoms with Crippen molar-refractivity contribution in [1.29, 1.82) is 5.53 Å². The largest absolute Gasteiger partial charge is 0.481 e. The second-order valence-corrected chi connectivity index (χ2v) is 10.9. The lowest BCUT2D eigenvalue weighted by molar-refractivity contribution is -0.154. The smallest absolute Gasteiger partial charge is 0.433 e. The minimum absolute atomic E-state index is 0.0514. The third kappa shape index (κ3) is 5.87. The summed E-state index contributed by atoms with van der Waals surface area (Å²) < 4.78 is 39.2. The average molecular weight is 549 g/mol. The molecule has 1 aliphatic rings. The highest BCUT2D eigenvalue weighted by Crippen LogP contribution is 2.51. The second-order valence-electron chi connectivity index (χ2n) is 9.86. The number of aliphatic carboxylic acids is 1. The van der Waals surface area contributed by atoms with Crippen LogP contribution in [-0.2, 0) is 23.1 Å². The van der Waals surface area contributed by atoms with Crippen molar-refractivity contribution in [2.75, 3.05) is 5.32 Å². The molecule has 38 heavy (non-hydrogen) atoms. The lowest BCUT2D eigenvalue weighted by Gasteiger charge is -2.44. The van der Waals surface area contributed by atoms with Crippen LogP contribution in [0.25, 0.3) is 10.4 Å². The van der Waals surface area contributed by atoms with Crippen molar-refractivity contribution in [1.82, 2.24) is 19.9 Å². The Morgan fingerprint density at radius 1 is 1.32 bits per heavy atom. The van der Waals surface area contributed by atoms with Crippen LogP contribution in [0.4, 0.5) is 24.8 Å². The van der Waals surface area contributed by atoms with Crippen molar-refractivity contribution >= 4 is 28.9 Å². The highest BCUT2D eigenvalue weighted by Gasteiger charge is 2.49. The second kappa shape index (κ2) is 10.2. The van der Waals surface area contributed by atoms with Crippen molar-refractivity contribution in [3.63, 3.8) is 0 Å². The molecular formula is C24H25F3N7O3S+. The van der Waals surface area contributed by atoms with Crippen molar-refractivity contribution in [3.8, 4) is 10.4 Å². The molecule has 200 valence electrons. The van der Waals surface area contributed by atoms with Crippen LogP contribution in [0.1, 0.15) is 49.4 Å². The van der Waals surface area contributed by atoms with E-state index in [2.05, 4.69) is 30.3 Å². The Balaban J connectivity index is 1.66. The van der Waals surface area contributed by atoms with Crippen LogP contribution >= 0.6 is 11.3 Å². The summed E-state index contributed by atoms with van der Waals surface area (Å²) >= 11 is 1.25. The molecule has 10 nitrogen and oxygen atoms in total. The Morgan fingerprint density at radius 3 is 2.74 bits per heavy atom. The Kier molecular flexibility index (Phi) is 7.33. The van der Waals surface area contributed by atoms with Crippen molar-refractivity contribution < 1.29 is 28.2 Å². The van der Waals surface area contributed by atoms with Crippen molar-refractivity contribution in [2.24, 2.45) is 16.4 Å². The van der Waals surface area contributed by atoms with Gasteiger partial charge in [-0.15, -0.1) is 11.3 Å². The molecule has 0 spiro atoms. The summed E-state index contributed by atoms with van der Waals surface area (Å²) in [5, 5.41) is 27.9. The van der Waals surface area contributed by atoms with Gasteiger partial charge in [0.1, 0.15) is 33.5 Å². The maximum Gasteiger partial charge on any atom is 0.433 e. The van der Waals surface area contributed by atoms with E-state index in [9.17, 15) is 28.2 Å². The fourth-order valence-electron chi connectivity index (χ4n) is 4.82. The van der Waals surface area contributed by atoms with E-state index in [0.29, 0.717) is 33.1 Å². The highest BCUT2D eigenvalue weighted by molar-refractivity contribution is 7.15. The molecule has 0 amide bonds. The molecule has 2 atom stereocenters. The fraction of sp³-hybridized carbons (Fsp3) is 0.417. The van der Waals surface area contributed by atoms with Gasteiger partial charge in [-0.05, 0) is 60.1 Å². The van der Waals surface area contributed by atoms with Crippen LogP contribution in [0.15, 0.2) is 41.8 Å². The van der Waals surface area contributed by atoms with Gasteiger partial charge in [0.15, 0.2) is 0 Å². The maximum atomic E-state index is 13.1. The zero-order valence-electron chi connectivity index (χ0n) is 20.5.